The summed E-state index contributed by atoms with van der Waals surface area (Å²) in [5.74, 6) is 2.72. The monoisotopic (exact) mass is 787 g/mol. The number of aromatic nitrogens is 1. The molecule has 2 amide bonds. The average Bonchev–Trinajstić information content (AvgIpc) is 3.82. The Balaban J connectivity index is 1.16. The van der Waals surface area contributed by atoms with Crippen LogP contribution in [0.3, 0.4) is 0 Å². The SMILES string of the molecule is COc1ccc(C2CCC(CN(C(=O)C3CCC(=INC(=O)CS(C)=O)CC3)c3cccc(-c4cnc(C5CC5)s4)c3)CC2)cc1C. The van der Waals surface area contributed by atoms with Crippen molar-refractivity contribution in [2.45, 2.75) is 83.0 Å². The maximum absolute atomic E-state index is 14.4. The molecule has 7 nitrogen and oxygen atoms in total. The van der Waals surface area contributed by atoms with Gasteiger partial charge in [0, 0.05) is 47.3 Å². The number of carbonyl (C=O) groups excluding carboxylic acids is 2. The molecule has 0 aliphatic heterocycles. The first-order valence-corrected chi connectivity index (χ1v) is 21.6. The highest BCUT2D eigenvalue weighted by Gasteiger charge is 2.32. The number of anilines is 1. The van der Waals surface area contributed by atoms with E-state index < -0.39 is 31.8 Å². The second-order valence-electron chi connectivity index (χ2n) is 13.4. The number of thiazole rings is 1. The molecular weight excluding hydrogens is 741 g/mol. The summed E-state index contributed by atoms with van der Waals surface area (Å²) in [6.07, 6.45) is 13.9. The number of carbonyl (C=O) groups is 2. The van der Waals surface area contributed by atoms with E-state index in [0.29, 0.717) is 17.8 Å². The van der Waals surface area contributed by atoms with Crippen molar-refractivity contribution in [3.8, 4) is 16.2 Å². The molecule has 3 aliphatic rings. The number of benzene rings is 2. The van der Waals surface area contributed by atoms with Crippen molar-refractivity contribution in [1.29, 1.82) is 0 Å². The van der Waals surface area contributed by atoms with E-state index in [-0.39, 0.29) is 23.5 Å². The molecule has 252 valence electrons. The van der Waals surface area contributed by atoms with Gasteiger partial charge in [0.1, 0.15) is 11.5 Å². The third kappa shape index (κ3) is 8.97. The first-order valence-electron chi connectivity index (χ1n) is 16.9. The van der Waals surface area contributed by atoms with Gasteiger partial charge in [0.15, 0.2) is 0 Å². The van der Waals surface area contributed by atoms with E-state index in [4.69, 9.17) is 9.72 Å². The Hall–Kier alpha value is -2.44. The van der Waals surface area contributed by atoms with E-state index in [1.54, 1.807) is 24.7 Å². The first-order chi connectivity index (χ1) is 22.8. The fraction of sp³-hybridized carbons (Fsp3) is 0.514. The van der Waals surface area contributed by atoms with Gasteiger partial charge in [0.05, 0.1) is 17.0 Å². The minimum absolute atomic E-state index is 0.0197. The highest BCUT2D eigenvalue weighted by Crippen LogP contribution is 2.44. The number of aryl methyl sites for hydroxylation is 1. The third-order valence-corrected chi connectivity index (χ3v) is 14.4. The van der Waals surface area contributed by atoms with Crippen LogP contribution in [0, 0.1) is 18.8 Å². The molecule has 6 rings (SSSR count). The smallest absolute Gasteiger partial charge is 0.240 e. The van der Waals surface area contributed by atoms with Crippen molar-refractivity contribution in [1.82, 2.24) is 8.51 Å². The third-order valence-electron chi connectivity index (χ3n) is 9.83. The normalized spacial score (nSPS) is 22.0. The number of hydrogen-bond donors (Lipinski definition) is 1. The number of nitrogens with one attached hydrogen (secondary N) is 1. The Morgan fingerprint density at radius 1 is 1.02 bits per heavy atom. The second-order valence-corrected chi connectivity index (χ2v) is 18.5. The maximum Gasteiger partial charge on any atom is 0.240 e. The number of amides is 2. The summed E-state index contributed by atoms with van der Waals surface area (Å²) in [6, 6.07) is 15.1. The van der Waals surface area contributed by atoms with Crippen molar-refractivity contribution >= 4 is 64.2 Å². The second kappa shape index (κ2) is 15.8. The molecule has 10 heteroatoms. The summed E-state index contributed by atoms with van der Waals surface area (Å²) < 4.78 is 21.3. The molecule has 0 bridgehead atoms. The summed E-state index contributed by atoms with van der Waals surface area (Å²) in [5.41, 5.74) is 4.71. The molecule has 3 saturated carbocycles. The van der Waals surface area contributed by atoms with E-state index in [1.807, 2.05) is 6.20 Å². The zero-order chi connectivity index (χ0) is 32.9. The van der Waals surface area contributed by atoms with Gasteiger partial charge in [0.25, 0.3) is 0 Å². The molecule has 1 aromatic heterocycles. The van der Waals surface area contributed by atoms with E-state index >= 15 is 0 Å². The van der Waals surface area contributed by atoms with Crippen LogP contribution in [0.25, 0.3) is 10.4 Å². The zero-order valence-electron chi connectivity index (χ0n) is 27.6. The largest absolute Gasteiger partial charge is 0.496 e. The van der Waals surface area contributed by atoms with Gasteiger partial charge in [-0.25, -0.2) is 4.98 Å². The Morgan fingerprint density at radius 3 is 2.45 bits per heavy atom. The number of hydrogen-bond acceptors (Lipinski definition) is 6. The predicted octanol–water partition coefficient (Wildman–Crippen LogP) is 8.05. The minimum Gasteiger partial charge on any atom is -0.496 e. The molecule has 0 radical (unpaired) electrons. The molecule has 0 spiro atoms. The molecule has 2 aromatic carbocycles. The molecule has 1 heterocycles. The molecule has 1 unspecified atom stereocenters. The summed E-state index contributed by atoms with van der Waals surface area (Å²) in [5, 5.41) is 1.23. The quantitative estimate of drug-likeness (QED) is 0.157. The summed E-state index contributed by atoms with van der Waals surface area (Å²) in [6.45, 7) is 2.86. The van der Waals surface area contributed by atoms with Crippen LogP contribution in [0.4, 0.5) is 5.69 Å². The molecule has 0 saturated heterocycles. The van der Waals surface area contributed by atoms with Crippen molar-refractivity contribution < 1.29 is 18.5 Å². The van der Waals surface area contributed by atoms with E-state index in [2.05, 4.69) is 57.8 Å². The van der Waals surface area contributed by atoms with Crippen LogP contribution in [0.2, 0.25) is 0 Å². The van der Waals surface area contributed by atoms with Gasteiger partial charge in [-0.1, -0.05) is 24.3 Å². The molecule has 1 N–H and O–H groups in total. The van der Waals surface area contributed by atoms with Gasteiger partial charge in [0.2, 0.25) is 11.8 Å². The lowest BCUT2D eigenvalue weighted by Gasteiger charge is -2.35. The molecular formula is C37H46IN3O4S2. The van der Waals surface area contributed by atoms with Gasteiger partial charge >= 0.3 is 0 Å². The van der Waals surface area contributed by atoms with Crippen molar-refractivity contribution in [3.63, 3.8) is 0 Å². The van der Waals surface area contributed by atoms with Crippen molar-refractivity contribution in [2.24, 2.45) is 11.8 Å². The van der Waals surface area contributed by atoms with Crippen LogP contribution in [0.1, 0.15) is 92.2 Å². The number of nitrogens with zero attached hydrogens (tertiary/aromatic N) is 2. The molecule has 3 aromatic rings. The standard InChI is InChI=1S/C37H46IN3O4S2/c1-24-19-29(15-18-33(24)45-2)26-9-7-25(8-10-26)22-41(32-6-4-5-30(20-32)34-21-39-36(46-34)27-11-12-27)37(43)28-13-16-31(17-14-28)38-40-35(42)23-47(3)44/h4-6,15,18-21,25-28H,7-14,16-17,22-23H2,1-3H3,(H,40,42). The maximum atomic E-state index is 14.4. The fourth-order valence-electron chi connectivity index (χ4n) is 7.01. The molecule has 1 atom stereocenters. The first kappa shape index (κ1) is 34.4. The lowest BCUT2D eigenvalue weighted by atomic mass is 9.78. The predicted molar refractivity (Wildman–Crippen MR) is 202 cm³/mol. The van der Waals surface area contributed by atoms with Crippen LogP contribution in [0.5, 0.6) is 5.75 Å². The highest BCUT2D eigenvalue weighted by atomic mass is 127. The average molecular weight is 788 g/mol. The Labute approximate surface area is 295 Å². The summed E-state index contributed by atoms with van der Waals surface area (Å²) >= 11 is 1.20. The fourth-order valence-corrected chi connectivity index (χ4v) is 10.8. The van der Waals surface area contributed by atoms with Gasteiger partial charge < -0.3 is 13.2 Å². The molecule has 47 heavy (non-hydrogen) atoms. The summed E-state index contributed by atoms with van der Waals surface area (Å²) in [7, 11) is 0.597. The van der Waals surface area contributed by atoms with Crippen molar-refractivity contribution in [2.75, 3.05) is 30.6 Å². The van der Waals surface area contributed by atoms with Gasteiger partial charge in [-0.3, -0.25) is 13.8 Å². The van der Waals surface area contributed by atoms with E-state index in [9.17, 15) is 13.8 Å². The highest BCUT2D eigenvalue weighted by molar-refractivity contribution is 14.2. The zero-order valence-corrected chi connectivity index (χ0v) is 31.4. The topological polar surface area (TPSA) is 88.6 Å². The lowest BCUT2D eigenvalue weighted by Crippen LogP contribution is -2.41. The van der Waals surface area contributed by atoms with Gasteiger partial charge in [-0.15, -0.1) is 11.3 Å². The number of methoxy groups -OCH3 is 1. The van der Waals surface area contributed by atoms with E-state index in [0.717, 1.165) is 74.9 Å². The van der Waals surface area contributed by atoms with Crippen LogP contribution >= 0.6 is 32.3 Å². The number of halogens is 1. The number of ether oxygens (including phenoxy) is 1. The summed E-state index contributed by atoms with van der Waals surface area (Å²) in [4.78, 5) is 34.5. The molecule has 3 fully saturated rings. The van der Waals surface area contributed by atoms with Gasteiger partial charge in [-0.05, 0) is 142 Å². The van der Waals surface area contributed by atoms with Crippen LogP contribution in [-0.4, -0.2) is 50.2 Å². The minimum atomic E-state index is -1.13. The van der Waals surface area contributed by atoms with Crippen molar-refractivity contribution in [3.05, 3.63) is 64.8 Å². The lowest BCUT2D eigenvalue weighted by molar-refractivity contribution is -0.123. The Bertz CT molecular complexity index is 1630. The Morgan fingerprint density at radius 2 is 1.77 bits per heavy atom. The molecule has 3 aliphatic carbocycles. The van der Waals surface area contributed by atoms with Gasteiger partial charge in [-0.2, -0.15) is 0 Å². The van der Waals surface area contributed by atoms with Crippen LogP contribution < -0.4 is 13.2 Å². The van der Waals surface area contributed by atoms with E-state index in [1.165, 1.54) is 37.4 Å². The van der Waals surface area contributed by atoms with Crippen LogP contribution in [-0.2, 0) is 20.4 Å². The number of rotatable bonds is 11. The Kier molecular flexibility index (Phi) is 11.6. The van der Waals surface area contributed by atoms with Crippen LogP contribution in [0.15, 0.2) is 48.7 Å².